The Bertz CT molecular complexity index is 424. The summed E-state index contributed by atoms with van der Waals surface area (Å²) in [4.78, 5) is 16.6. The second kappa shape index (κ2) is 6.03. The molecule has 0 radical (unpaired) electrons. The lowest BCUT2D eigenvalue weighted by molar-refractivity contribution is -0.139. The molecule has 0 spiro atoms. The number of carbonyl (C=O) groups excluding carboxylic acids is 1. The van der Waals surface area contributed by atoms with E-state index in [1.807, 2.05) is 31.2 Å². The van der Waals surface area contributed by atoms with Crippen LogP contribution in [-0.4, -0.2) is 24.9 Å². The van der Waals surface area contributed by atoms with Gasteiger partial charge in [0.2, 0.25) is 0 Å². The van der Waals surface area contributed by atoms with Gasteiger partial charge in [0.15, 0.2) is 5.71 Å². The van der Waals surface area contributed by atoms with E-state index < -0.39 is 5.97 Å². The molecule has 17 heavy (non-hydrogen) atoms. The van der Waals surface area contributed by atoms with E-state index in [-0.39, 0.29) is 11.8 Å². The van der Waals surface area contributed by atoms with E-state index in [0.29, 0.717) is 0 Å². The van der Waals surface area contributed by atoms with Crippen LogP contribution in [0.25, 0.3) is 0 Å². The molecule has 0 heterocycles. The molecule has 0 aromatic heterocycles. The van der Waals surface area contributed by atoms with Crippen LogP contribution in [0.5, 0.6) is 0 Å². The third-order valence-corrected chi connectivity index (χ3v) is 2.12. The van der Waals surface area contributed by atoms with Gasteiger partial charge in [0.1, 0.15) is 7.11 Å². The van der Waals surface area contributed by atoms with Crippen molar-refractivity contribution in [1.82, 2.24) is 0 Å². The second-order valence-corrected chi connectivity index (χ2v) is 3.89. The van der Waals surface area contributed by atoms with Gasteiger partial charge in [0, 0.05) is 5.56 Å². The third-order valence-electron chi connectivity index (χ3n) is 2.12. The van der Waals surface area contributed by atoms with Crippen LogP contribution in [0.2, 0.25) is 0 Å². The van der Waals surface area contributed by atoms with Gasteiger partial charge in [-0.2, -0.15) is 0 Å². The molecule has 0 aliphatic carbocycles. The number of nitrogens with zero attached hydrogens (tertiary/aromatic N) is 1. The van der Waals surface area contributed by atoms with Crippen molar-refractivity contribution in [2.24, 2.45) is 5.16 Å². The van der Waals surface area contributed by atoms with Gasteiger partial charge in [-0.05, 0) is 26.3 Å². The Hall–Kier alpha value is -1.84. The van der Waals surface area contributed by atoms with Gasteiger partial charge < -0.3 is 9.57 Å². The van der Waals surface area contributed by atoms with Crippen molar-refractivity contribution in [3.8, 4) is 0 Å². The Morgan fingerprint density at radius 1 is 1.29 bits per heavy atom. The molecule has 0 amide bonds. The minimum Gasteiger partial charge on any atom is -0.458 e. The number of esters is 1. The summed E-state index contributed by atoms with van der Waals surface area (Å²) in [6, 6.07) is 7.46. The normalized spacial score (nSPS) is 11.5. The van der Waals surface area contributed by atoms with Crippen LogP contribution in [0.3, 0.4) is 0 Å². The Labute approximate surface area is 101 Å². The fourth-order valence-electron chi connectivity index (χ4n) is 1.40. The zero-order chi connectivity index (χ0) is 12.8. The highest BCUT2D eigenvalue weighted by atomic mass is 16.6. The lowest BCUT2D eigenvalue weighted by Gasteiger charge is -2.11. The molecular formula is C13H17NO3. The van der Waals surface area contributed by atoms with E-state index >= 15 is 0 Å². The molecule has 4 heteroatoms. The molecule has 4 nitrogen and oxygen atoms in total. The topological polar surface area (TPSA) is 47.9 Å². The number of ether oxygens (including phenoxy) is 1. The van der Waals surface area contributed by atoms with E-state index in [0.717, 1.165) is 11.1 Å². The van der Waals surface area contributed by atoms with E-state index in [1.165, 1.54) is 7.11 Å². The molecule has 1 rings (SSSR count). The van der Waals surface area contributed by atoms with E-state index in [1.54, 1.807) is 13.8 Å². The van der Waals surface area contributed by atoms with Gasteiger partial charge in [-0.1, -0.05) is 29.4 Å². The summed E-state index contributed by atoms with van der Waals surface area (Å²) in [6.07, 6.45) is -0.187. The molecular weight excluding hydrogens is 218 g/mol. The smallest absolute Gasteiger partial charge is 0.361 e. The number of benzene rings is 1. The predicted molar refractivity (Wildman–Crippen MR) is 66.0 cm³/mol. The zero-order valence-corrected chi connectivity index (χ0v) is 10.6. The van der Waals surface area contributed by atoms with Gasteiger partial charge in [-0.3, -0.25) is 0 Å². The first-order valence-corrected chi connectivity index (χ1v) is 5.44. The third kappa shape index (κ3) is 3.59. The van der Waals surface area contributed by atoms with E-state index in [2.05, 4.69) is 5.16 Å². The lowest BCUT2D eigenvalue weighted by atomic mass is 10.0. The summed E-state index contributed by atoms with van der Waals surface area (Å²) >= 11 is 0. The van der Waals surface area contributed by atoms with Crippen molar-refractivity contribution in [2.45, 2.75) is 26.9 Å². The molecule has 0 atom stereocenters. The van der Waals surface area contributed by atoms with Crippen molar-refractivity contribution in [2.75, 3.05) is 7.11 Å². The molecule has 0 unspecified atom stereocenters. The Balaban J connectivity index is 3.07. The highest BCUT2D eigenvalue weighted by Crippen LogP contribution is 2.10. The summed E-state index contributed by atoms with van der Waals surface area (Å²) in [5.41, 5.74) is 1.86. The molecule has 0 saturated carbocycles. The Morgan fingerprint density at radius 3 is 2.47 bits per heavy atom. The van der Waals surface area contributed by atoms with Crippen LogP contribution in [0.15, 0.2) is 29.4 Å². The van der Waals surface area contributed by atoms with Gasteiger partial charge in [0.25, 0.3) is 0 Å². The minimum absolute atomic E-state index is 0.187. The highest BCUT2D eigenvalue weighted by Gasteiger charge is 2.19. The molecule has 0 aliphatic rings. The quantitative estimate of drug-likeness (QED) is 0.457. The van der Waals surface area contributed by atoms with E-state index in [4.69, 9.17) is 9.57 Å². The fourth-order valence-corrected chi connectivity index (χ4v) is 1.40. The summed E-state index contributed by atoms with van der Waals surface area (Å²) in [7, 11) is 1.40. The lowest BCUT2D eigenvalue weighted by Crippen LogP contribution is -2.23. The molecule has 0 saturated heterocycles. The van der Waals surface area contributed by atoms with Crippen molar-refractivity contribution in [3.63, 3.8) is 0 Å². The average molecular weight is 235 g/mol. The molecule has 1 aromatic carbocycles. The summed E-state index contributed by atoms with van der Waals surface area (Å²) in [6.45, 7) is 5.49. The molecule has 0 N–H and O–H groups in total. The maximum absolute atomic E-state index is 11.9. The van der Waals surface area contributed by atoms with Gasteiger partial charge >= 0.3 is 5.97 Å². The predicted octanol–water partition coefficient (Wildman–Crippen LogP) is 2.30. The largest absolute Gasteiger partial charge is 0.458 e. The number of oxime groups is 1. The van der Waals surface area contributed by atoms with Gasteiger partial charge in [-0.25, -0.2) is 4.79 Å². The van der Waals surface area contributed by atoms with Crippen molar-refractivity contribution in [3.05, 3.63) is 35.4 Å². The van der Waals surface area contributed by atoms with Gasteiger partial charge in [-0.15, -0.1) is 0 Å². The van der Waals surface area contributed by atoms with Crippen LogP contribution in [0.1, 0.15) is 25.0 Å². The average Bonchev–Trinajstić information content (AvgIpc) is 2.26. The number of hydrogen-bond acceptors (Lipinski definition) is 4. The fraction of sp³-hybridized carbons (Fsp3) is 0.385. The van der Waals surface area contributed by atoms with Crippen molar-refractivity contribution >= 4 is 11.7 Å². The molecule has 1 aromatic rings. The second-order valence-electron chi connectivity index (χ2n) is 3.89. The maximum atomic E-state index is 11.9. The van der Waals surface area contributed by atoms with Crippen LogP contribution in [-0.2, 0) is 14.4 Å². The van der Waals surface area contributed by atoms with Gasteiger partial charge in [0.05, 0.1) is 6.10 Å². The Morgan fingerprint density at radius 2 is 1.94 bits per heavy atom. The molecule has 92 valence electrons. The number of hydrogen-bond donors (Lipinski definition) is 0. The summed E-state index contributed by atoms with van der Waals surface area (Å²) in [5, 5.41) is 3.75. The van der Waals surface area contributed by atoms with Crippen molar-refractivity contribution in [1.29, 1.82) is 0 Å². The number of aryl methyl sites for hydroxylation is 1. The first-order valence-electron chi connectivity index (χ1n) is 5.44. The number of rotatable bonds is 4. The molecule has 0 fully saturated rings. The SMILES string of the molecule is CO/N=C(/C(=O)OC(C)C)c1ccccc1C. The summed E-state index contributed by atoms with van der Waals surface area (Å²) < 4.78 is 5.12. The molecule has 0 aliphatic heterocycles. The minimum atomic E-state index is -0.476. The van der Waals surface area contributed by atoms with Crippen molar-refractivity contribution < 1.29 is 14.4 Å². The van der Waals surface area contributed by atoms with Crippen LogP contribution >= 0.6 is 0 Å². The number of carbonyl (C=O) groups is 1. The maximum Gasteiger partial charge on any atom is 0.361 e. The zero-order valence-electron chi connectivity index (χ0n) is 10.6. The first-order chi connectivity index (χ1) is 8.06. The monoisotopic (exact) mass is 235 g/mol. The standard InChI is InChI=1S/C13H17NO3/c1-9(2)17-13(15)12(14-16-4)11-8-6-5-7-10(11)3/h5-9H,1-4H3/b14-12+. The van der Waals surface area contributed by atoms with Crippen LogP contribution < -0.4 is 0 Å². The molecule has 0 bridgehead atoms. The van der Waals surface area contributed by atoms with Crippen LogP contribution in [0.4, 0.5) is 0 Å². The highest BCUT2D eigenvalue weighted by molar-refractivity contribution is 6.43. The summed E-state index contributed by atoms with van der Waals surface area (Å²) in [5.74, 6) is -0.476. The Kier molecular flexibility index (Phi) is 4.69. The first kappa shape index (κ1) is 13.2. The van der Waals surface area contributed by atoms with E-state index in [9.17, 15) is 4.79 Å². The van der Waals surface area contributed by atoms with Crippen LogP contribution in [0, 0.1) is 6.92 Å².